The summed E-state index contributed by atoms with van der Waals surface area (Å²) in [5.41, 5.74) is -0.611. The summed E-state index contributed by atoms with van der Waals surface area (Å²) in [6.07, 6.45) is 0.393. The summed E-state index contributed by atoms with van der Waals surface area (Å²) >= 11 is 0. The van der Waals surface area contributed by atoms with Crippen LogP contribution in [0.15, 0.2) is 0 Å². The molecular weight excluding hydrogens is 194 g/mol. The lowest BCUT2D eigenvalue weighted by Gasteiger charge is -2.35. The summed E-state index contributed by atoms with van der Waals surface area (Å²) in [6, 6.07) is 0. The van der Waals surface area contributed by atoms with Crippen LogP contribution in [-0.4, -0.2) is 30.2 Å². The normalized spacial score (nSPS) is 21.9. The highest BCUT2D eigenvalue weighted by Gasteiger charge is 2.45. The van der Waals surface area contributed by atoms with E-state index < -0.39 is 23.7 Å². The molecule has 82 valence electrons. The number of aliphatic carboxylic acids is 1. The Hall–Kier alpha value is -0.710. The highest BCUT2D eigenvalue weighted by atomic mass is 19.3. The van der Waals surface area contributed by atoms with Gasteiger partial charge >= 0.3 is 11.9 Å². The third kappa shape index (κ3) is 2.64. The second-order valence-corrected chi connectivity index (χ2v) is 4.11. The van der Waals surface area contributed by atoms with Crippen LogP contribution in [0.3, 0.4) is 0 Å². The van der Waals surface area contributed by atoms with Crippen molar-refractivity contribution in [3.63, 3.8) is 0 Å². The quantitative estimate of drug-likeness (QED) is 0.770. The van der Waals surface area contributed by atoms with Crippen molar-refractivity contribution in [2.24, 2.45) is 5.41 Å². The van der Waals surface area contributed by atoms with Crippen LogP contribution in [0.2, 0.25) is 0 Å². The maximum atomic E-state index is 12.9. The molecule has 0 bridgehead atoms. The molecule has 0 amide bonds. The van der Waals surface area contributed by atoms with E-state index in [1.165, 1.54) is 0 Å². The summed E-state index contributed by atoms with van der Waals surface area (Å²) in [5, 5.41) is 8.31. The molecule has 0 saturated carbocycles. The Morgan fingerprint density at radius 2 is 2.00 bits per heavy atom. The smallest absolute Gasteiger partial charge is 0.374 e. The molecule has 0 aromatic carbocycles. The Morgan fingerprint density at radius 1 is 1.50 bits per heavy atom. The summed E-state index contributed by atoms with van der Waals surface area (Å²) in [4.78, 5) is 10.3. The molecule has 0 aromatic rings. The van der Waals surface area contributed by atoms with Gasteiger partial charge in [0.25, 0.3) is 0 Å². The first-order chi connectivity index (χ1) is 6.36. The van der Waals surface area contributed by atoms with Gasteiger partial charge in [-0.15, -0.1) is 0 Å². The van der Waals surface area contributed by atoms with Crippen molar-refractivity contribution >= 4 is 5.97 Å². The van der Waals surface area contributed by atoms with Crippen molar-refractivity contribution in [3.05, 3.63) is 0 Å². The third-order valence-corrected chi connectivity index (χ3v) is 2.66. The second kappa shape index (κ2) is 3.81. The van der Waals surface area contributed by atoms with Crippen LogP contribution in [0.25, 0.3) is 0 Å². The van der Waals surface area contributed by atoms with Gasteiger partial charge in [-0.2, -0.15) is 8.78 Å². The number of ether oxygens (including phenoxy) is 1. The maximum Gasteiger partial charge on any atom is 0.374 e. The molecule has 5 heteroatoms. The average Bonchev–Trinajstić information content (AvgIpc) is 2.03. The topological polar surface area (TPSA) is 46.5 Å². The van der Waals surface area contributed by atoms with Gasteiger partial charge in [-0.3, -0.25) is 0 Å². The summed E-state index contributed by atoms with van der Waals surface area (Å²) in [5.74, 6) is -5.66. The number of carbonyl (C=O) groups is 1. The Balaban J connectivity index is 2.61. The Labute approximate surface area is 81.1 Å². The van der Waals surface area contributed by atoms with Crippen molar-refractivity contribution in [2.75, 3.05) is 13.2 Å². The Morgan fingerprint density at radius 3 is 2.43 bits per heavy atom. The van der Waals surface area contributed by atoms with E-state index in [-0.39, 0.29) is 0 Å². The first-order valence-corrected chi connectivity index (χ1v) is 4.55. The number of rotatable bonds is 3. The summed E-state index contributed by atoms with van der Waals surface area (Å²) < 4.78 is 30.9. The molecule has 3 nitrogen and oxygen atoms in total. The molecule has 1 saturated heterocycles. The molecule has 0 unspecified atom stereocenters. The van der Waals surface area contributed by atoms with Gasteiger partial charge in [-0.1, -0.05) is 6.92 Å². The Bertz CT molecular complexity index is 222. The minimum atomic E-state index is -3.62. The van der Waals surface area contributed by atoms with Gasteiger partial charge in [-0.05, 0) is 18.3 Å². The van der Waals surface area contributed by atoms with Crippen LogP contribution in [0.4, 0.5) is 8.78 Å². The van der Waals surface area contributed by atoms with E-state index in [2.05, 4.69) is 0 Å². The highest BCUT2D eigenvalue weighted by Crippen LogP contribution is 2.39. The predicted octanol–water partition coefficient (Wildman–Crippen LogP) is 1.91. The van der Waals surface area contributed by atoms with Gasteiger partial charge in [-0.25, -0.2) is 4.79 Å². The SMILES string of the molecule is CC1(CC(F)(F)C(=O)O)CCOCC1. The number of hydrogen-bond donors (Lipinski definition) is 1. The lowest BCUT2D eigenvalue weighted by atomic mass is 9.77. The van der Waals surface area contributed by atoms with Gasteiger partial charge in [0.2, 0.25) is 0 Å². The molecule has 1 aliphatic heterocycles. The van der Waals surface area contributed by atoms with Gasteiger partial charge < -0.3 is 9.84 Å². The minimum absolute atomic E-state index is 0.437. The molecule has 0 radical (unpaired) electrons. The van der Waals surface area contributed by atoms with Gasteiger partial charge in [0, 0.05) is 19.6 Å². The zero-order chi connectivity index (χ0) is 10.8. The lowest BCUT2D eigenvalue weighted by molar-refractivity contribution is -0.171. The summed E-state index contributed by atoms with van der Waals surface area (Å²) in [6.45, 7) is 2.56. The first-order valence-electron chi connectivity index (χ1n) is 4.55. The molecule has 1 fully saturated rings. The van der Waals surface area contributed by atoms with Crippen molar-refractivity contribution in [1.29, 1.82) is 0 Å². The van der Waals surface area contributed by atoms with E-state index >= 15 is 0 Å². The van der Waals surface area contributed by atoms with E-state index in [9.17, 15) is 13.6 Å². The van der Waals surface area contributed by atoms with Crippen LogP contribution in [-0.2, 0) is 9.53 Å². The van der Waals surface area contributed by atoms with Crippen molar-refractivity contribution in [1.82, 2.24) is 0 Å². The molecule has 14 heavy (non-hydrogen) atoms. The number of alkyl halides is 2. The second-order valence-electron chi connectivity index (χ2n) is 4.11. The number of carboxylic acids is 1. The maximum absolute atomic E-state index is 12.9. The third-order valence-electron chi connectivity index (χ3n) is 2.66. The molecule has 0 spiro atoms. The van der Waals surface area contributed by atoms with Crippen LogP contribution < -0.4 is 0 Å². The zero-order valence-electron chi connectivity index (χ0n) is 8.06. The van der Waals surface area contributed by atoms with Crippen LogP contribution in [0.1, 0.15) is 26.2 Å². The van der Waals surface area contributed by atoms with Crippen molar-refractivity contribution < 1.29 is 23.4 Å². The molecule has 0 aliphatic carbocycles. The predicted molar refractivity (Wildman–Crippen MR) is 45.4 cm³/mol. The van der Waals surface area contributed by atoms with Crippen LogP contribution >= 0.6 is 0 Å². The Kier molecular flexibility index (Phi) is 3.09. The fourth-order valence-electron chi connectivity index (χ4n) is 1.65. The standard InChI is InChI=1S/C9H14F2O3/c1-8(2-4-14-5-3-8)6-9(10,11)7(12)13/h2-6H2,1H3,(H,12,13). The first kappa shape index (κ1) is 11.4. The van der Waals surface area contributed by atoms with Crippen molar-refractivity contribution in [3.8, 4) is 0 Å². The summed E-state index contributed by atoms with van der Waals surface area (Å²) in [7, 11) is 0. The van der Waals surface area contributed by atoms with E-state index in [4.69, 9.17) is 9.84 Å². The molecular formula is C9H14F2O3. The van der Waals surface area contributed by atoms with Crippen molar-refractivity contribution in [2.45, 2.75) is 32.1 Å². The molecule has 1 rings (SSSR count). The molecule has 1 aliphatic rings. The molecule has 1 heterocycles. The lowest BCUT2D eigenvalue weighted by Crippen LogP contribution is -2.38. The zero-order valence-corrected chi connectivity index (χ0v) is 8.06. The van der Waals surface area contributed by atoms with E-state index in [0.29, 0.717) is 26.1 Å². The van der Waals surface area contributed by atoms with Gasteiger partial charge in [0.15, 0.2) is 0 Å². The van der Waals surface area contributed by atoms with Crippen LogP contribution in [0.5, 0.6) is 0 Å². The van der Waals surface area contributed by atoms with Crippen LogP contribution in [0, 0.1) is 5.41 Å². The van der Waals surface area contributed by atoms with E-state index in [1.807, 2.05) is 0 Å². The fraction of sp³-hybridized carbons (Fsp3) is 0.889. The minimum Gasteiger partial charge on any atom is -0.477 e. The monoisotopic (exact) mass is 208 g/mol. The largest absolute Gasteiger partial charge is 0.477 e. The van der Waals surface area contributed by atoms with Gasteiger partial charge in [0.1, 0.15) is 0 Å². The van der Waals surface area contributed by atoms with E-state index in [0.717, 1.165) is 0 Å². The number of halogens is 2. The average molecular weight is 208 g/mol. The van der Waals surface area contributed by atoms with E-state index in [1.54, 1.807) is 6.92 Å². The molecule has 1 N–H and O–H groups in total. The number of carboxylic acid groups (broad SMARTS) is 1. The highest BCUT2D eigenvalue weighted by molar-refractivity contribution is 5.75. The fourth-order valence-corrected chi connectivity index (χ4v) is 1.65. The van der Waals surface area contributed by atoms with Gasteiger partial charge in [0.05, 0.1) is 0 Å². The number of hydrogen-bond acceptors (Lipinski definition) is 2. The molecule has 0 aromatic heterocycles. The molecule has 0 atom stereocenters.